The van der Waals surface area contributed by atoms with E-state index >= 15 is 0 Å². The molecule has 0 bridgehead atoms. The lowest BCUT2D eigenvalue weighted by atomic mass is 10.0. The summed E-state index contributed by atoms with van der Waals surface area (Å²) < 4.78 is 0. The van der Waals surface area contributed by atoms with Crippen molar-refractivity contribution >= 4 is 23.2 Å². The second-order valence-electron chi connectivity index (χ2n) is 9.12. The Morgan fingerprint density at radius 1 is 0.895 bits per heavy atom. The zero-order valence-corrected chi connectivity index (χ0v) is 21.9. The van der Waals surface area contributed by atoms with Crippen LogP contribution in [0.4, 0.5) is 17.3 Å². The Morgan fingerprint density at radius 3 is 2.21 bits per heavy atom. The summed E-state index contributed by atoms with van der Waals surface area (Å²) in [6.07, 6.45) is 3.35. The third kappa shape index (κ3) is 6.82. The molecule has 0 saturated carbocycles. The Labute approximate surface area is 224 Å². The van der Waals surface area contributed by atoms with Crippen LogP contribution in [0.15, 0.2) is 97.2 Å². The Balaban J connectivity index is 1.53. The number of aliphatic hydroxyl groups is 1. The molecule has 0 fully saturated rings. The molecule has 0 aliphatic carbocycles. The molecule has 2 atom stereocenters. The zero-order chi connectivity index (χ0) is 26.7. The molecule has 1 unspecified atom stereocenters. The predicted octanol–water partition coefficient (Wildman–Crippen LogP) is 6.05. The maximum Gasteiger partial charge on any atom is 0.246 e. The Bertz CT molecular complexity index is 1280. The fourth-order valence-electron chi connectivity index (χ4n) is 4.54. The lowest BCUT2D eigenvalue weighted by Gasteiger charge is -2.36. The van der Waals surface area contributed by atoms with Gasteiger partial charge in [-0.05, 0) is 55.3 Å². The number of aromatic nitrogens is 2. The summed E-state index contributed by atoms with van der Waals surface area (Å²) in [5.41, 5.74) is 4.21. The van der Waals surface area contributed by atoms with Crippen molar-refractivity contribution in [2.24, 2.45) is 0 Å². The number of nitrogens with zero attached hydrogens (tertiary/aromatic N) is 3. The van der Waals surface area contributed by atoms with Gasteiger partial charge in [-0.3, -0.25) is 9.69 Å². The molecule has 196 valence electrons. The number of benzene rings is 3. The van der Waals surface area contributed by atoms with E-state index in [1.807, 2.05) is 97.9 Å². The number of carbonyl (C=O) groups excluding carboxylic acids is 1. The molecule has 38 heavy (non-hydrogen) atoms. The van der Waals surface area contributed by atoms with E-state index in [4.69, 9.17) is 0 Å². The third-order valence-corrected chi connectivity index (χ3v) is 6.46. The summed E-state index contributed by atoms with van der Waals surface area (Å²) in [5, 5.41) is 16.4. The topological polar surface area (TPSA) is 90.4 Å². The van der Waals surface area contributed by atoms with Crippen LogP contribution in [-0.2, 0) is 4.79 Å². The van der Waals surface area contributed by atoms with Gasteiger partial charge >= 0.3 is 0 Å². The third-order valence-electron chi connectivity index (χ3n) is 6.46. The first-order valence-electron chi connectivity index (χ1n) is 13.1. The van der Waals surface area contributed by atoms with Crippen molar-refractivity contribution in [1.82, 2.24) is 14.9 Å². The van der Waals surface area contributed by atoms with Crippen molar-refractivity contribution in [1.29, 1.82) is 0 Å². The predicted molar refractivity (Wildman–Crippen MR) is 153 cm³/mol. The molecule has 0 spiro atoms. The van der Waals surface area contributed by atoms with E-state index in [1.165, 1.54) is 0 Å². The van der Waals surface area contributed by atoms with Gasteiger partial charge in [0.25, 0.3) is 0 Å². The van der Waals surface area contributed by atoms with Gasteiger partial charge in [-0.15, -0.1) is 0 Å². The van der Waals surface area contributed by atoms with Crippen molar-refractivity contribution in [2.75, 3.05) is 23.8 Å². The summed E-state index contributed by atoms with van der Waals surface area (Å²) in [6.45, 7) is 4.83. The first-order chi connectivity index (χ1) is 18.6. The van der Waals surface area contributed by atoms with Gasteiger partial charge in [-0.2, -0.15) is 0 Å². The number of carbonyl (C=O) groups is 1. The summed E-state index contributed by atoms with van der Waals surface area (Å²) in [6, 6.07) is 28.4. The van der Waals surface area contributed by atoms with Crippen molar-refractivity contribution in [2.45, 2.75) is 38.8 Å². The highest BCUT2D eigenvalue weighted by molar-refractivity contribution is 5.95. The molecule has 0 radical (unpaired) electrons. The van der Waals surface area contributed by atoms with Gasteiger partial charge in [-0.1, -0.05) is 74.5 Å². The van der Waals surface area contributed by atoms with Gasteiger partial charge in [0.05, 0.1) is 12.3 Å². The summed E-state index contributed by atoms with van der Waals surface area (Å²) in [5.74, 6) is 0.392. The number of rotatable bonds is 12. The van der Waals surface area contributed by atoms with Gasteiger partial charge in [0.15, 0.2) is 0 Å². The Morgan fingerprint density at radius 2 is 1.58 bits per heavy atom. The molecular formula is C31H35N5O2. The molecule has 0 aliphatic rings. The number of amides is 1. The van der Waals surface area contributed by atoms with Crippen LogP contribution in [0.3, 0.4) is 0 Å². The largest absolute Gasteiger partial charge is 0.395 e. The molecule has 4 aromatic rings. The first-order valence-corrected chi connectivity index (χ1v) is 13.1. The Hall–Kier alpha value is -4.07. The van der Waals surface area contributed by atoms with Crippen molar-refractivity contribution in [3.05, 3.63) is 103 Å². The van der Waals surface area contributed by atoms with Gasteiger partial charge < -0.3 is 15.7 Å². The fraction of sp³-hybridized carbons (Fsp3) is 0.258. The minimum atomic E-state index is -0.513. The average Bonchev–Trinajstić information content (AvgIpc) is 2.95. The molecule has 7 heteroatoms. The summed E-state index contributed by atoms with van der Waals surface area (Å²) >= 11 is 0. The van der Waals surface area contributed by atoms with Crippen LogP contribution >= 0.6 is 0 Å². The summed E-state index contributed by atoms with van der Waals surface area (Å²) in [7, 11) is 0. The number of anilines is 3. The molecule has 7 nitrogen and oxygen atoms in total. The maximum atomic E-state index is 13.7. The van der Waals surface area contributed by atoms with Crippen molar-refractivity contribution in [3.8, 4) is 11.3 Å². The molecule has 4 rings (SSSR count). The van der Waals surface area contributed by atoms with Crippen LogP contribution in [0.5, 0.6) is 0 Å². The van der Waals surface area contributed by atoms with Gasteiger partial charge in [0, 0.05) is 29.2 Å². The molecular weight excluding hydrogens is 474 g/mol. The van der Waals surface area contributed by atoms with Gasteiger partial charge in [0.2, 0.25) is 11.9 Å². The lowest BCUT2D eigenvalue weighted by Crippen LogP contribution is -2.45. The second-order valence-corrected chi connectivity index (χ2v) is 9.12. The number of nitrogens with one attached hydrogen (secondary N) is 2. The standard InChI is InChI=1S/C31H35N5O2/c1-3-21-36(27(4-2)22-37)29(24-11-7-5-8-12-24)30(38)33-26-17-15-23(16-18-26)28-19-20-32-31(35-28)34-25-13-9-6-10-14-25/h5-20,27,29,37H,3-4,21-22H2,1-2H3,(H,33,38)(H,32,34,35)/t27-,29?/m1/s1. The second kappa shape index (κ2) is 13.5. The number of hydrogen-bond donors (Lipinski definition) is 3. The smallest absolute Gasteiger partial charge is 0.246 e. The highest BCUT2D eigenvalue weighted by Gasteiger charge is 2.31. The van der Waals surface area contributed by atoms with Crippen molar-refractivity contribution in [3.63, 3.8) is 0 Å². The normalized spacial score (nSPS) is 12.6. The van der Waals surface area contributed by atoms with Crippen molar-refractivity contribution < 1.29 is 9.90 Å². The van der Waals surface area contributed by atoms with Gasteiger partial charge in [0.1, 0.15) is 6.04 Å². The van der Waals surface area contributed by atoms with E-state index in [0.717, 1.165) is 35.3 Å². The quantitative estimate of drug-likeness (QED) is 0.215. The molecule has 3 aromatic carbocycles. The molecule has 1 amide bonds. The molecule has 0 aliphatic heterocycles. The molecule has 3 N–H and O–H groups in total. The SMILES string of the molecule is CCCN(C(C(=O)Nc1ccc(-c2ccnc(Nc3ccccc3)n2)cc1)c1ccccc1)[C@H](CC)CO. The lowest BCUT2D eigenvalue weighted by molar-refractivity contribution is -0.123. The molecule has 1 heterocycles. The van der Waals surface area contributed by atoms with Crippen LogP contribution in [-0.4, -0.2) is 45.1 Å². The molecule has 0 saturated heterocycles. The summed E-state index contributed by atoms with van der Waals surface area (Å²) in [4.78, 5) is 24.7. The minimum absolute atomic E-state index is 0.00185. The van der Waals surface area contributed by atoms with Crippen LogP contribution in [0.1, 0.15) is 38.3 Å². The number of aliphatic hydroxyl groups excluding tert-OH is 1. The van der Waals surface area contributed by atoms with Crippen LogP contribution in [0.2, 0.25) is 0 Å². The highest BCUT2D eigenvalue weighted by Crippen LogP contribution is 2.27. The fourth-order valence-corrected chi connectivity index (χ4v) is 4.54. The van der Waals surface area contributed by atoms with E-state index in [-0.39, 0.29) is 18.6 Å². The van der Waals surface area contributed by atoms with E-state index in [2.05, 4.69) is 32.4 Å². The van der Waals surface area contributed by atoms with E-state index in [0.29, 0.717) is 18.2 Å². The first kappa shape index (κ1) is 27.0. The maximum absolute atomic E-state index is 13.7. The average molecular weight is 510 g/mol. The number of hydrogen-bond acceptors (Lipinski definition) is 6. The Kier molecular flexibility index (Phi) is 9.56. The van der Waals surface area contributed by atoms with E-state index in [9.17, 15) is 9.90 Å². The van der Waals surface area contributed by atoms with Crippen LogP contribution < -0.4 is 10.6 Å². The van der Waals surface area contributed by atoms with E-state index in [1.54, 1.807) is 6.20 Å². The van der Waals surface area contributed by atoms with E-state index < -0.39 is 6.04 Å². The minimum Gasteiger partial charge on any atom is -0.395 e. The van der Waals surface area contributed by atoms with Gasteiger partial charge in [-0.25, -0.2) is 9.97 Å². The monoisotopic (exact) mass is 509 g/mol. The number of para-hydroxylation sites is 1. The molecule has 1 aromatic heterocycles. The van der Waals surface area contributed by atoms with Crippen LogP contribution in [0.25, 0.3) is 11.3 Å². The zero-order valence-electron chi connectivity index (χ0n) is 21.9. The van der Waals surface area contributed by atoms with Crippen LogP contribution in [0, 0.1) is 0 Å². The highest BCUT2D eigenvalue weighted by atomic mass is 16.3.